The van der Waals surface area contributed by atoms with Gasteiger partial charge in [-0.15, -0.1) is 5.10 Å². The molecule has 1 aromatic heterocycles. The van der Waals surface area contributed by atoms with Crippen molar-refractivity contribution >= 4 is 29.3 Å². The third kappa shape index (κ3) is 3.40. The summed E-state index contributed by atoms with van der Waals surface area (Å²) in [6.45, 7) is 0. The van der Waals surface area contributed by atoms with Gasteiger partial charge in [-0.2, -0.15) is 4.68 Å². The molecule has 0 aliphatic carbocycles. The Bertz CT molecular complexity index is 1000. The summed E-state index contributed by atoms with van der Waals surface area (Å²) >= 11 is 7.44. The topological polar surface area (TPSA) is 66.2 Å². The Labute approximate surface area is 165 Å². The number of hydrogen-bond acceptors (Lipinski definition) is 6. The zero-order valence-electron chi connectivity index (χ0n) is 14.7. The summed E-state index contributed by atoms with van der Waals surface area (Å²) in [4.78, 5) is 17.2. The lowest BCUT2D eigenvalue weighted by Gasteiger charge is -2.21. The van der Waals surface area contributed by atoms with Crippen molar-refractivity contribution in [2.45, 2.75) is 16.8 Å². The van der Waals surface area contributed by atoms with E-state index in [9.17, 15) is 4.79 Å². The molecule has 138 valence electrons. The first-order chi connectivity index (χ1) is 13.1. The van der Waals surface area contributed by atoms with E-state index in [4.69, 9.17) is 21.1 Å². The number of carbonyl (C=O) groups excluding carboxylic acids is 1. The highest BCUT2D eigenvalue weighted by Gasteiger charge is 2.30. The molecule has 0 radical (unpaired) electrons. The van der Waals surface area contributed by atoms with Gasteiger partial charge in [0.1, 0.15) is 0 Å². The summed E-state index contributed by atoms with van der Waals surface area (Å²) in [6.07, 6.45) is 0.330. The molecule has 0 saturated carbocycles. The minimum atomic E-state index is -0.0868. The van der Waals surface area contributed by atoms with Crippen LogP contribution in [0.3, 0.4) is 0 Å². The molecule has 8 heteroatoms. The first-order valence-corrected chi connectivity index (χ1v) is 9.49. The first-order valence-electron chi connectivity index (χ1n) is 8.24. The molecule has 0 fully saturated rings. The van der Waals surface area contributed by atoms with Crippen LogP contribution in [0.4, 0.5) is 0 Å². The smallest absolute Gasteiger partial charge is 0.250 e. The Balaban J connectivity index is 1.65. The van der Waals surface area contributed by atoms with Gasteiger partial charge in [-0.25, -0.2) is 4.98 Å². The Morgan fingerprint density at radius 3 is 2.56 bits per heavy atom. The quantitative estimate of drug-likeness (QED) is 0.641. The van der Waals surface area contributed by atoms with Crippen LogP contribution in [-0.2, 0) is 0 Å². The Kier molecular flexibility index (Phi) is 4.80. The van der Waals surface area contributed by atoms with E-state index in [1.165, 1.54) is 16.4 Å². The SMILES string of the molecule is COc1ccc([C@H]2CC(=O)n3nc(-c4ccc(Cl)cc4)nc3S2)cc1OC. The average Bonchev–Trinajstić information content (AvgIpc) is 3.12. The first kappa shape index (κ1) is 17.9. The van der Waals surface area contributed by atoms with Gasteiger partial charge in [0.25, 0.3) is 5.91 Å². The van der Waals surface area contributed by atoms with Crippen molar-refractivity contribution in [3.63, 3.8) is 0 Å². The van der Waals surface area contributed by atoms with E-state index < -0.39 is 0 Å². The maximum atomic E-state index is 12.6. The highest BCUT2D eigenvalue weighted by atomic mass is 35.5. The van der Waals surface area contributed by atoms with Crippen molar-refractivity contribution in [2.75, 3.05) is 14.2 Å². The molecule has 2 heterocycles. The summed E-state index contributed by atoms with van der Waals surface area (Å²) < 4.78 is 12.0. The molecule has 0 saturated heterocycles. The second-order valence-corrected chi connectivity index (χ2v) is 7.56. The number of rotatable bonds is 4. The van der Waals surface area contributed by atoms with Crippen LogP contribution in [0.5, 0.6) is 11.5 Å². The number of methoxy groups -OCH3 is 2. The largest absolute Gasteiger partial charge is 0.493 e. The number of fused-ring (bicyclic) bond motifs is 1. The lowest BCUT2D eigenvalue weighted by atomic mass is 10.1. The molecule has 0 unspecified atom stereocenters. The minimum Gasteiger partial charge on any atom is -0.493 e. The number of ether oxygens (including phenoxy) is 2. The molecule has 1 atom stereocenters. The predicted molar refractivity (Wildman–Crippen MR) is 104 cm³/mol. The number of halogens is 1. The monoisotopic (exact) mass is 401 g/mol. The summed E-state index contributed by atoms with van der Waals surface area (Å²) in [7, 11) is 3.19. The van der Waals surface area contributed by atoms with E-state index in [0.29, 0.717) is 33.9 Å². The molecule has 4 rings (SSSR count). The molecular weight excluding hydrogens is 386 g/mol. The third-order valence-electron chi connectivity index (χ3n) is 4.30. The van der Waals surface area contributed by atoms with Crippen molar-refractivity contribution in [3.8, 4) is 22.9 Å². The number of carbonyl (C=O) groups is 1. The number of benzene rings is 2. The molecule has 0 bridgehead atoms. The van der Waals surface area contributed by atoms with Crippen LogP contribution in [0.2, 0.25) is 5.02 Å². The third-order valence-corrected chi connectivity index (χ3v) is 5.75. The lowest BCUT2D eigenvalue weighted by Crippen LogP contribution is -2.21. The molecule has 3 aromatic rings. The van der Waals surface area contributed by atoms with Crippen LogP contribution >= 0.6 is 23.4 Å². The van der Waals surface area contributed by atoms with Crippen molar-refractivity contribution in [1.29, 1.82) is 0 Å². The molecule has 27 heavy (non-hydrogen) atoms. The van der Waals surface area contributed by atoms with E-state index in [1.54, 1.807) is 26.4 Å². The normalized spacial score (nSPS) is 16.1. The fraction of sp³-hybridized carbons (Fsp3) is 0.211. The van der Waals surface area contributed by atoms with Crippen LogP contribution in [0, 0.1) is 0 Å². The van der Waals surface area contributed by atoms with E-state index in [-0.39, 0.29) is 11.2 Å². The summed E-state index contributed by atoms with van der Waals surface area (Å²) in [6, 6.07) is 12.9. The van der Waals surface area contributed by atoms with E-state index >= 15 is 0 Å². The molecule has 6 nitrogen and oxygen atoms in total. The average molecular weight is 402 g/mol. The van der Waals surface area contributed by atoms with Crippen LogP contribution in [0.1, 0.15) is 22.0 Å². The van der Waals surface area contributed by atoms with Gasteiger partial charge in [-0.1, -0.05) is 29.4 Å². The van der Waals surface area contributed by atoms with Gasteiger partial charge in [0, 0.05) is 22.3 Å². The fourth-order valence-corrected chi connectivity index (χ4v) is 4.18. The van der Waals surface area contributed by atoms with Crippen molar-refractivity contribution in [2.24, 2.45) is 0 Å². The van der Waals surface area contributed by atoms with E-state index in [1.807, 2.05) is 30.3 Å². The van der Waals surface area contributed by atoms with E-state index in [2.05, 4.69) is 10.1 Å². The van der Waals surface area contributed by atoms with Crippen molar-refractivity contribution < 1.29 is 14.3 Å². The van der Waals surface area contributed by atoms with Crippen LogP contribution in [0.15, 0.2) is 47.6 Å². The fourth-order valence-electron chi connectivity index (χ4n) is 2.91. The summed E-state index contributed by atoms with van der Waals surface area (Å²) in [5, 5.41) is 5.53. The predicted octanol–water partition coefficient (Wildman–Crippen LogP) is 4.49. The Hall–Kier alpha value is -2.51. The molecule has 1 aliphatic rings. The van der Waals surface area contributed by atoms with Crippen LogP contribution in [0.25, 0.3) is 11.4 Å². The van der Waals surface area contributed by atoms with Gasteiger partial charge in [-0.3, -0.25) is 4.79 Å². The molecule has 2 aromatic carbocycles. The summed E-state index contributed by atoms with van der Waals surface area (Å²) in [5.74, 6) is 1.71. The molecule has 0 N–H and O–H groups in total. The molecular formula is C19H16ClN3O3S. The maximum Gasteiger partial charge on any atom is 0.250 e. The number of aromatic nitrogens is 3. The second-order valence-electron chi connectivity index (χ2n) is 5.96. The number of thioether (sulfide) groups is 1. The Morgan fingerprint density at radius 2 is 1.85 bits per heavy atom. The standard InChI is InChI=1S/C19H16ClN3O3S/c1-25-14-8-5-12(9-15(14)26-2)16-10-17(24)23-19(27-16)21-18(22-23)11-3-6-13(20)7-4-11/h3-9,16H,10H2,1-2H3/t16-/m1/s1. The van der Waals surface area contributed by atoms with Gasteiger partial charge < -0.3 is 9.47 Å². The highest BCUT2D eigenvalue weighted by Crippen LogP contribution is 2.43. The zero-order chi connectivity index (χ0) is 19.0. The number of nitrogens with zero attached hydrogens (tertiary/aromatic N) is 3. The van der Waals surface area contributed by atoms with Crippen LogP contribution in [-0.4, -0.2) is 34.9 Å². The van der Waals surface area contributed by atoms with Gasteiger partial charge in [0.05, 0.1) is 14.2 Å². The van der Waals surface area contributed by atoms with E-state index in [0.717, 1.165) is 11.1 Å². The van der Waals surface area contributed by atoms with Crippen molar-refractivity contribution in [3.05, 3.63) is 53.1 Å². The van der Waals surface area contributed by atoms with Gasteiger partial charge >= 0.3 is 0 Å². The highest BCUT2D eigenvalue weighted by molar-refractivity contribution is 7.99. The van der Waals surface area contributed by atoms with Crippen molar-refractivity contribution in [1.82, 2.24) is 14.8 Å². The van der Waals surface area contributed by atoms with Gasteiger partial charge in [-0.05, 0) is 42.0 Å². The number of hydrogen-bond donors (Lipinski definition) is 0. The van der Waals surface area contributed by atoms with Gasteiger partial charge in [0.15, 0.2) is 22.5 Å². The zero-order valence-corrected chi connectivity index (χ0v) is 16.3. The lowest BCUT2D eigenvalue weighted by molar-refractivity contribution is 0.0868. The Morgan fingerprint density at radius 1 is 1.11 bits per heavy atom. The molecule has 0 amide bonds. The van der Waals surface area contributed by atoms with Gasteiger partial charge in [0.2, 0.25) is 0 Å². The molecule has 0 spiro atoms. The van der Waals surface area contributed by atoms with Crippen LogP contribution < -0.4 is 9.47 Å². The second kappa shape index (κ2) is 7.25. The maximum absolute atomic E-state index is 12.6. The minimum absolute atomic E-state index is 0.0629. The molecule has 1 aliphatic heterocycles. The summed E-state index contributed by atoms with van der Waals surface area (Å²) in [5.41, 5.74) is 1.80.